The normalized spacial score (nSPS) is 14.6. The van der Waals surface area contributed by atoms with Crippen LogP contribution in [0.1, 0.15) is 43.1 Å². The fourth-order valence-electron chi connectivity index (χ4n) is 4.53. The summed E-state index contributed by atoms with van der Waals surface area (Å²) in [6.07, 6.45) is 1.26. The summed E-state index contributed by atoms with van der Waals surface area (Å²) in [6.45, 7) is 13.0. The van der Waals surface area contributed by atoms with Crippen molar-refractivity contribution in [2.75, 3.05) is 33.3 Å². The largest absolute Gasteiger partial charge is 0.497 e. The number of aryl methyl sites for hydroxylation is 1. The van der Waals surface area contributed by atoms with Crippen molar-refractivity contribution in [3.63, 3.8) is 0 Å². The first-order chi connectivity index (χ1) is 16.8. The van der Waals surface area contributed by atoms with E-state index in [0.29, 0.717) is 43.7 Å². The molecule has 0 unspecified atom stereocenters. The zero-order chi connectivity index (χ0) is 24.9. The van der Waals surface area contributed by atoms with Crippen LogP contribution >= 0.6 is 0 Å². The Morgan fingerprint density at radius 3 is 2.49 bits per heavy atom. The van der Waals surface area contributed by atoms with Crippen molar-refractivity contribution in [2.45, 2.75) is 53.6 Å². The lowest BCUT2D eigenvalue weighted by Crippen LogP contribution is -2.48. The molecule has 0 atom stereocenters. The van der Waals surface area contributed by atoms with Gasteiger partial charge in [-0.25, -0.2) is 0 Å². The van der Waals surface area contributed by atoms with Gasteiger partial charge in [-0.05, 0) is 56.0 Å². The van der Waals surface area contributed by atoms with Gasteiger partial charge in [0.2, 0.25) is 17.6 Å². The molecule has 0 spiro atoms. The Morgan fingerprint density at radius 2 is 1.83 bits per heavy atom. The van der Waals surface area contributed by atoms with Crippen LogP contribution in [0.4, 0.5) is 0 Å². The number of ether oxygens (including phenoxy) is 1. The van der Waals surface area contributed by atoms with E-state index >= 15 is 0 Å². The Labute approximate surface area is 207 Å². The zero-order valence-electron chi connectivity index (χ0n) is 21.5. The SMILES string of the molecule is COc1ccc(-c2noc(CN3CCN(C(=O)CCc4c(C)nn(CC(C)C)c4C)CC3)n2)cc1. The lowest BCUT2D eigenvalue weighted by atomic mass is 10.1. The predicted octanol–water partition coefficient (Wildman–Crippen LogP) is 3.49. The molecule has 1 aliphatic rings. The standard InChI is InChI=1S/C26H36N6O3/c1-18(2)16-32-20(4)23(19(3)28-32)10-11-25(33)31-14-12-30(13-15-31)17-24-27-26(29-35-24)21-6-8-22(34-5)9-7-21/h6-9,18H,10-17H2,1-5H3. The molecule has 0 bridgehead atoms. The first kappa shape index (κ1) is 24.9. The highest BCUT2D eigenvalue weighted by Gasteiger charge is 2.23. The third kappa shape index (κ3) is 6.08. The highest BCUT2D eigenvalue weighted by molar-refractivity contribution is 5.76. The Hall–Kier alpha value is -3.20. The van der Waals surface area contributed by atoms with Gasteiger partial charge >= 0.3 is 0 Å². The molecule has 3 heterocycles. The topological polar surface area (TPSA) is 89.5 Å². The fraction of sp³-hybridized carbons (Fsp3) is 0.538. The molecule has 9 heteroatoms. The summed E-state index contributed by atoms with van der Waals surface area (Å²) in [5.41, 5.74) is 4.31. The van der Waals surface area contributed by atoms with Crippen LogP contribution in [-0.4, -0.2) is 68.9 Å². The molecular formula is C26H36N6O3. The molecule has 0 N–H and O–H groups in total. The molecule has 0 saturated carbocycles. The second-order valence-corrected chi connectivity index (χ2v) is 9.62. The third-order valence-corrected chi connectivity index (χ3v) is 6.56. The first-order valence-electron chi connectivity index (χ1n) is 12.3. The molecule has 188 valence electrons. The molecule has 0 radical (unpaired) electrons. The lowest BCUT2D eigenvalue weighted by molar-refractivity contribution is -0.133. The van der Waals surface area contributed by atoms with E-state index in [1.54, 1.807) is 7.11 Å². The van der Waals surface area contributed by atoms with Crippen LogP contribution in [-0.2, 0) is 24.3 Å². The predicted molar refractivity (Wildman–Crippen MR) is 133 cm³/mol. The van der Waals surface area contributed by atoms with Gasteiger partial charge in [0.15, 0.2) is 0 Å². The third-order valence-electron chi connectivity index (χ3n) is 6.56. The molecule has 35 heavy (non-hydrogen) atoms. The smallest absolute Gasteiger partial charge is 0.241 e. The quantitative estimate of drug-likeness (QED) is 0.463. The lowest BCUT2D eigenvalue weighted by Gasteiger charge is -2.34. The minimum atomic E-state index is 0.208. The van der Waals surface area contributed by atoms with Gasteiger partial charge in [-0.15, -0.1) is 0 Å². The summed E-state index contributed by atoms with van der Waals surface area (Å²) < 4.78 is 12.7. The molecular weight excluding hydrogens is 444 g/mol. The molecule has 0 aliphatic carbocycles. The number of methoxy groups -OCH3 is 1. The van der Waals surface area contributed by atoms with Crippen LogP contribution < -0.4 is 4.74 Å². The molecule has 4 rings (SSSR count). The summed E-state index contributed by atoms with van der Waals surface area (Å²) in [6, 6.07) is 7.58. The van der Waals surface area contributed by atoms with E-state index in [4.69, 9.17) is 9.26 Å². The maximum Gasteiger partial charge on any atom is 0.241 e. The van der Waals surface area contributed by atoms with Gasteiger partial charge in [0.1, 0.15) is 5.75 Å². The highest BCUT2D eigenvalue weighted by Crippen LogP contribution is 2.21. The monoisotopic (exact) mass is 480 g/mol. The van der Waals surface area contributed by atoms with Crippen LogP contribution in [0.2, 0.25) is 0 Å². The molecule has 9 nitrogen and oxygen atoms in total. The van der Waals surface area contributed by atoms with Gasteiger partial charge in [-0.1, -0.05) is 19.0 Å². The van der Waals surface area contributed by atoms with E-state index in [9.17, 15) is 4.79 Å². The number of benzene rings is 1. The Kier molecular flexibility index (Phi) is 7.85. The summed E-state index contributed by atoms with van der Waals surface area (Å²) >= 11 is 0. The number of nitrogens with zero attached hydrogens (tertiary/aromatic N) is 6. The van der Waals surface area contributed by atoms with E-state index < -0.39 is 0 Å². The number of rotatable bonds is 9. The van der Waals surface area contributed by atoms with Crippen LogP contribution in [0.3, 0.4) is 0 Å². The summed E-state index contributed by atoms with van der Waals surface area (Å²) in [4.78, 5) is 21.6. The van der Waals surface area contributed by atoms with Gasteiger partial charge < -0.3 is 14.2 Å². The maximum absolute atomic E-state index is 12.9. The van der Waals surface area contributed by atoms with Crippen LogP contribution in [0.15, 0.2) is 28.8 Å². The van der Waals surface area contributed by atoms with Crippen LogP contribution in [0.5, 0.6) is 5.75 Å². The van der Waals surface area contributed by atoms with Crippen molar-refractivity contribution >= 4 is 5.91 Å². The fourth-order valence-corrected chi connectivity index (χ4v) is 4.53. The molecule has 3 aromatic rings. The second-order valence-electron chi connectivity index (χ2n) is 9.62. The molecule has 2 aromatic heterocycles. The first-order valence-corrected chi connectivity index (χ1v) is 12.3. The van der Waals surface area contributed by atoms with E-state index in [2.05, 4.69) is 45.6 Å². The second kappa shape index (κ2) is 11.0. The van der Waals surface area contributed by atoms with Crippen molar-refractivity contribution in [1.29, 1.82) is 0 Å². The van der Waals surface area contributed by atoms with E-state index in [1.807, 2.05) is 36.1 Å². The minimum Gasteiger partial charge on any atom is -0.497 e. The van der Waals surface area contributed by atoms with E-state index in [0.717, 1.165) is 43.1 Å². The summed E-state index contributed by atoms with van der Waals surface area (Å²) in [5.74, 6) is 2.69. The van der Waals surface area contributed by atoms with Crippen molar-refractivity contribution in [1.82, 2.24) is 29.7 Å². The number of carbonyl (C=O) groups excluding carboxylic acids is 1. The van der Waals surface area contributed by atoms with Crippen LogP contribution in [0.25, 0.3) is 11.4 Å². The average Bonchev–Trinajstić information content (AvgIpc) is 3.41. The molecule has 1 amide bonds. The Balaban J connectivity index is 1.25. The molecule has 1 fully saturated rings. The van der Waals surface area contributed by atoms with Gasteiger partial charge in [0, 0.05) is 50.4 Å². The maximum atomic E-state index is 12.9. The van der Waals surface area contributed by atoms with Gasteiger partial charge in [-0.2, -0.15) is 10.1 Å². The highest BCUT2D eigenvalue weighted by atomic mass is 16.5. The van der Waals surface area contributed by atoms with Gasteiger partial charge in [0.25, 0.3) is 0 Å². The number of hydrogen-bond donors (Lipinski definition) is 0. The number of carbonyl (C=O) groups is 1. The molecule has 1 saturated heterocycles. The van der Waals surface area contributed by atoms with Crippen molar-refractivity contribution in [3.05, 3.63) is 47.1 Å². The Bertz CT molecular complexity index is 1130. The number of piperazine rings is 1. The van der Waals surface area contributed by atoms with Gasteiger partial charge in [0.05, 0.1) is 19.3 Å². The number of hydrogen-bond acceptors (Lipinski definition) is 7. The molecule has 1 aliphatic heterocycles. The van der Waals surface area contributed by atoms with Crippen molar-refractivity contribution in [2.24, 2.45) is 5.92 Å². The zero-order valence-corrected chi connectivity index (χ0v) is 21.5. The summed E-state index contributed by atoms with van der Waals surface area (Å²) in [7, 11) is 1.64. The van der Waals surface area contributed by atoms with Crippen LogP contribution in [0, 0.1) is 19.8 Å². The number of aromatic nitrogens is 4. The van der Waals surface area contributed by atoms with Crippen molar-refractivity contribution < 1.29 is 14.1 Å². The summed E-state index contributed by atoms with van der Waals surface area (Å²) in [5, 5.41) is 8.79. The Morgan fingerprint density at radius 1 is 1.11 bits per heavy atom. The van der Waals surface area contributed by atoms with Crippen molar-refractivity contribution in [3.8, 4) is 17.1 Å². The average molecular weight is 481 g/mol. The van der Waals surface area contributed by atoms with E-state index in [1.165, 1.54) is 11.3 Å². The van der Waals surface area contributed by atoms with Gasteiger partial charge in [-0.3, -0.25) is 14.4 Å². The van der Waals surface area contributed by atoms with E-state index in [-0.39, 0.29) is 5.91 Å². The minimum absolute atomic E-state index is 0.208. The number of amides is 1. The molecule has 1 aromatic carbocycles.